The van der Waals surface area contributed by atoms with E-state index < -0.39 is 15.3 Å². The topological polar surface area (TPSA) is 73.2 Å². The monoisotopic (exact) mass is 287 g/mol. The van der Waals surface area contributed by atoms with E-state index in [1.165, 1.54) is 19.3 Å². The largest absolute Gasteiger partial charge is 0.301 e. The normalized spacial score (nSPS) is 22.9. The van der Waals surface area contributed by atoms with Crippen LogP contribution in [0.1, 0.15) is 46.0 Å². The van der Waals surface area contributed by atoms with Crippen molar-refractivity contribution in [1.82, 2.24) is 9.62 Å². The van der Waals surface area contributed by atoms with Gasteiger partial charge in [0, 0.05) is 12.6 Å². The molecule has 2 atom stereocenters. The Kier molecular flexibility index (Phi) is 6.76. The Hall–Kier alpha value is -0.640. The Morgan fingerprint density at radius 2 is 2.21 bits per heavy atom. The zero-order chi connectivity index (χ0) is 14.3. The van der Waals surface area contributed by atoms with Crippen molar-refractivity contribution in [3.8, 4) is 6.07 Å². The van der Waals surface area contributed by atoms with E-state index in [4.69, 9.17) is 5.26 Å². The predicted octanol–water partition coefficient (Wildman–Crippen LogP) is 1.47. The molecule has 2 unspecified atom stereocenters. The molecular weight excluding hydrogens is 262 g/mol. The van der Waals surface area contributed by atoms with Crippen LogP contribution >= 0.6 is 0 Å². The molecule has 1 heterocycles. The van der Waals surface area contributed by atoms with Gasteiger partial charge in [-0.15, -0.1) is 0 Å². The summed E-state index contributed by atoms with van der Waals surface area (Å²) in [6, 6.07) is 2.43. The van der Waals surface area contributed by atoms with Crippen molar-refractivity contribution < 1.29 is 8.42 Å². The molecule has 0 aromatic carbocycles. The molecule has 0 bridgehead atoms. The number of likely N-dealkylation sites (tertiary alicyclic amines) is 1. The minimum absolute atomic E-state index is 0.328. The van der Waals surface area contributed by atoms with E-state index in [0.29, 0.717) is 19.0 Å². The van der Waals surface area contributed by atoms with Crippen LogP contribution < -0.4 is 4.72 Å². The predicted molar refractivity (Wildman–Crippen MR) is 76.1 cm³/mol. The number of hydrogen-bond acceptors (Lipinski definition) is 4. The van der Waals surface area contributed by atoms with E-state index >= 15 is 0 Å². The molecule has 0 saturated carbocycles. The van der Waals surface area contributed by atoms with E-state index in [1.807, 2.05) is 6.07 Å². The summed E-state index contributed by atoms with van der Waals surface area (Å²) in [6.45, 7) is 6.40. The van der Waals surface area contributed by atoms with Crippen LogP contribution in [0, 0.1) is 11.3 Å². The first-order chi connectivity index (χ1) is 9.01. The third-order valence-electron chi connectivity index (χ3n) is 3.76. The van der Waals surface area contributed by atoms with Gasteiger partial charge in [0.05, 0.1) is 6.07 Å². The quantitative estimate of drug-likeness (QED) is 0.720. The molecule has 5 nitrogen and oxygen atoms in total. The molecule has 1 fully saturated rings. The molecule has 0 aromatic heterocycles. The molecule has 19 heavy (non-hydrogen) atoms. The molecule has 1 aliphatic rings. The number of sulfonamides is 1. The standard InChI is InChI=1S/C13H25N3O2S/c1-3-13(11-14)19(17,18)15-8-6-10-16-9-5-4-7-12(16)2/h12-13,15H,3-10H2,1-2H3. The zero-order valence-corrected chi connectivity index (χ0v) is 12.7. The molecule has 6 heteroatoms. The summed E-state index contributed by atoms with van der Waals surface area (Å²) in [4.78, 5) is 2.42. The second-order valence-electron chi connectivity index (χ2n) is 5.20. The Morgan fingerprint density at radius 3 is 2.79 bits per heavy atom. The third-order valence-corrected chi connectivity index (χ3v) is 5.55. The molecule has 1 rings (SSSR count). The first kappa shape index (κ1) is 16.4. The highest BCUT2D eigenvalue weighted by Gasteiger charge is 2.23. The molecular formula is C13H25N3O2S. The Balaban J connectivity index is 2.29. The van der Waals surface area contributed by atoms with Gasteiger partial charge < -0.3 is 4.90 Å². The van der Waals surface area contributed by atoms with Crippen molar-refractivity contribution in [2.75, 3.05) is 19.6 Å². The Labute approximate surface area is 117 Å². The van der Waals surface area contributed by atoms with Gasteiger partial charge in [0.1, 0.15) is 0 Å². The molecule has 0 radical (unpaired) electrons. The molecule has 1 saturated heterocycles. The molecule has 1 aliphatic heterocycles. The number of rotatable bonds is 7. The van der Waals surface area contributed by atoms with Gasteiger partial charge in [-0.25, -0.2) is 13.1 Å². The molecule has 1 N–H and O–H groups in total. The number of hydrogen-bond donors (Lipinski definition) is 1. The highest BCUT2D eigenvalue weighted by Crippen LogP contribution is 2.16. The number of piperidine rings is 1. The first-order valence-electron chi connectivity index (χ1n) is 7.13. The van der Waals surface area contributed by atoms with Crippen molar-refractivity contribution in [2.45, 2.75) is 57.2 Å². The van der Waals surface area contributed by atoms with Gasteiger partial charge in [-0.3, -0.25) is 0 Å². The zero-order valence-electron chi connectivity index (χ0n) is 11.9. The van der Waals surface area contributed by atoms with Crippen molar-refractivity contribution in [3.05, 3.63) is 0 Å². The lowest BCUT2D eigenvalue weighted by Crippen LogP contribution is -2.40. The van der Waals surface area contributed by atoms with Crippen LogP contribution in [0.2, 0.25) is 0 Å². The van der Waals surface area contributed by atoms with Gasteiger partial charge in [-0.2, -0.15) is 5.26 Å². The summed E-state index contributed by atoms with van der Waals surface area (Å²) >= 11 is 0. The summed E-state index contributed by atoms with van der Waals surface area (Å²) in [5, 5.41) is 7.85. The van der Waals surface area contributed by atoms with Gasteiger partial charge in [0.25, 0.3) is 0 Å². The SMILES string of the molecule is CCC(C#N)S(=O)(=O)NCCCN1CCCCC1C. The van der Waals surface area contributed by atoms with Crippen molar-refractivity contribution >= 4 is 10.0 Å². The highest BCUT2D eigenvalue weighted by atomic mass is 32.2. The molecule has 0 amide bonds. The van der Waals surface area contributed by atoms with E-state index in [0.717, 1.165) is 19.5 Å². The van der Waals surface area contributed by atoms with Crippen LogP contribution in [0.25, 0.3) is 0 Å². The van der Waals surface area contributed by atoms with Crippen LogP contribution in [-0.4, -0.2) is 44.2 Å². The summed E-state index contributed by atoms with van der Waals surface area (Å²) < 4.78 is 26.1. The maximum Gasteiger partial charge on any atom is 0.227 e. The molecule has 0 aliphatic carbocycles. The van der Waals surface area contributed by atoms with E-state index in [2.05, 4.69) is 16.5 Å². The fourth-order valence-corrected chi connectivity index (χ4v) is 3.67. The number of nitriles is 1. The number of nitrogens with zero attached hydrogens (tertiary/aromatic N) is 2. The van der Waals surface area contributed by atoms with E-state index in [-0.39, 0.29) is 0 Å². The number of nitrogens with one attached hydrogen (secondary N) is 1. The summed E-state index contributed by atoms with van der Waals surface area (Å²) in [7, 11) is -3.47. The van der Waals surface area contributed by atoms with E-state index in [9.17, 15) is 8.42 Å². The Bertz CT molecular complexity index is 403. The second-order valence-corrected chi connectivity index (χ2v) is 7.15. The summed E-state index contributed by atoms with van der Waals surface area (Å²) in [5.41, 5.74) is 0. The molecule has 0 spiro atoms. The lowest BCUT2D eigenvalue weighted by molar-refractivity contribution is 0.159. The average Bonchev–Trinajstić information content (AvgIpc) is 2.37. The fourth-order valence-electron chi connectivity index (χ4n) is 2.47. The van der Waals surface area contributed by atoms with Gasteiger partial charge in [0.15, 0.2) is 5.25 Å². The van der Waals surface area contributed by atoms with Crippen LogP contribution in [0.5, 0.6) is 0 Å². The summed E-state index contributed by atoms with van der Waals surface area (Å²) in [6.07, 6.45) is 4.89. The van der Waals surface area contributed by atoms with Gasteiger partial charge in [-0.1, -0.05) is 13.3 Å². The van der Waals surface area contributed by atoms with Crippen molar-refractivity contribution in [3.63, 3.8) is 0 Å². The van der Waals surface area contributed by atoms with Gasteiger partial charge in [0.2, 0.25) is 10.0 Å². The first-order valence-corrected chi connectivity index (χ1v) is 8.68. The average molecular weight is 287 g/mol. The lowest BCUT2D eigenvalue weighted by Gasteiger charge is -2.33. The smallest absolute Gasteiger partial charge is 0.227 e. The third kappa shape index (κ3) is 5.09. The summed E-state index contributed by atoms with van der Waals surface area (Å²) in [5.74, 6) is 0. The van der Waals surface area contributed by atoms with Crippen LogP contribution in [-0.2, 0) is 10.0 Å². The molecule has 110 valence electrons. The fraction of sp³-hybridized carbons (Fsp3) is 0.923. The maximum absolute atomic E-state index is 11.8. The Morgan fingerprint density at radius 1 is 1.47 bits per heavy atom. The minimum Gasteiger partial charge on any atom is -0.301 e. The van der Waals surface area contributed by atoms with Crippen molar-refractivity contribution in [2.24, 2.45) is 0 Å². The highest BCUT2D eigenvalue weighted by molar-refractivity contribution is 7.90. The van der Waals surface area contributed by atoms with Crippen molar-refractivity contribution in [1.29, 1.82) is 5.26 Å². The van der Waals surface area contributed by atoms with Gasteiger partial charge in [-0.05, 0) is 45.7 Å². The van der Waals surface area contributed by atoms with Crippen LogP contribution in [0.3, 0.4) is 0 Å². The van der Waals surface area contributed by atoms with E-state index in [1.54, 1.807) is 6.92 Å². The van der Waals surface area contributed by atoms with Gasteiger partial charge >= 0.3 is 0 Å². The molecule has 0 aromatic rings. The van der Waals surface area contributed by atoms with Crippen LogP contribution in [0.4, 0.5) is 0 Å². The second kappa shape index (κ2) is 7.83. The lowest BCUT2D eigenvalue weighted by atomic mass is 10.0. The maximum atomic E-state index is 11.8. The minimum atomic E-state index is -3.47. The van der Waals surface area contributed by atoms with Crippen LogP contribution in [0.15, 0.2) is 0 Å².